The number of hydrogen-bond donors (Lipinski definition) is 2. The van der Waals surface area contributed by atoms with Gasteiger partial charge in [-0.1, -0.05) is 11.6 Å². The van der Waals surface area contributed by atoms with Gasteiger partial charge in [0, 0.05) is 22.6 Å². The lowest BCUT2D eigenvalue weighted by Gasteiger charge is -2.11. The van der Waals surface area contributed by atoms with Crippen molar-refractivity contribution in [1.82, 2.24) is 10.6 Å². The molecule has 0 aromatic heterocycles. The maximum atomic E-state index is 11.9. The fraction of sp³-hybridized carbons (Fsp3) is 0.364. The summed E-state index contributed by atoms with van der Waals surface area (Å²) in [7, 11) is 0. The Balaban J connectivity index is 0.00000144. The second kappa shape index (κ2) is 6.59. The summed E-state index contributed by atoms with van der Waals surface area (Å²) in [6, 6.07) is 5.44. The van der Waals surface area contributed by atoms with E-state index in [2.05, 4.69) is 26.6 Å². The van der Waals surface area contributed by atoms with Gasteiger partial charge in [-0.3, -0.25) is 4.79 Å². The number of amides is 1. The standard InChI is InChI=1S/C11H12BrClN2O.ClH/c12-9-2-1-7(5-10(9)13)11(16)15-8-3-4-14-6-8;/h1-2,5,8,14H,3-4,6H2,(H,15,16);1H. The summed E-state index contributed by atoms with van der Waals surface area (Å²) in [5.41, 5.74) is 0.597. The summed E-state index contributed by atoms with van der Waals surface area (Å²) in [4.78, 5) is 11.9. The molecule has 1 atom stereocenters. The molecule has 1 heterocycles. The average molecular weight is 340 g/mol. The SMILES string of the molecule is Cl.O=C(NC1CCNC1)c1ccc(Br)c(Cl)c1. The van der Waals surface area contributed by atoms with E-state index in [4.69, 9.17) is 11.6 Å². The molecule has 2 rings (SSSR count). The van der Waals surface area contributed by atoms with Crippen molar-refractivity contribution in [2.45, 2.75) is 12.5 Å². The minimum atomic E-state index is -0.0666. The fourth-order valence-electron chi connectivity index (χ4n) is 1.68. The molecule has 1 unspecified atom stereocenters. The van der Waals surface area contributed by atoms with Crippen molar-refractivity contribution in [3.8, 4) is 0 Å². The Labute approximate surface area is 120 Å². The number of nitrogens with one attached hydrogen (secondary N) is 2. The summed E-state index contributed by atoms with van der Waals surface area (Å²) in [5, 5.41) is 6.72. The molecule has 1 fully saturated rings. The molecule has 1 aromatic carbocycles. The van der Waals surface area contributed by atoms with E-state index in [9.17, 15) is 4.79 Å². The molecule has 3 nitrogen and oxygen atoms in total. The Bertz CT molecular complexity index is 408. The Morgan fingerprint density at radius 2 is 2.29 bits per heavy atom. The van der Waals surface area contributed by atoms with Crippen LogP contribution in [-0.2, 0) is 0 Å². The van der Waals surface area contributed by atoms with Gasteiger partial charge in [0.2, 0.25) is 0 Å². The fourth-order valence-corrected chi connectivity index (χ4v) is 2.11. The smallest absolute Gasteiger partial charge is 0.251 e. The molecule has 2 N–H and O–H groups in total. The van der Waals surface area contributed by atoms with Crippen LogP contribution in [0.2, 0.25) is 5.02 Å². The summed E-state index contributed by atoms with van der Waals surface area (Å²) >= 11 is 9.23. The molecule has 1 aromatic rings. The number of benzene rings is 1. The highest BCUT2D eigenvalue weighted by molar-refractivity contribution is 9.10. The van der Waals surface area contributed by atoms with Gasteiger partial charge in [0.25, 0.3) is 5.91 Å². The Hall–Kier alpha value is -0.290. The van der Waals surface area contributed by atoms with E-state index in [-0.39, 0.29) is 24.4 Å². The van der Waals surface area contributed by atoms with Crippen LogP contribution in [0.5, 0.6) is 0 Å². The van der Waals surface area contributed by atoms with Crippen LogP contribution in [0.4, 0.5) is 0 Å². The number of halogens is 3. The first-order chi connectivity index (χ1) is 7.66. The van der Waals surface area contributed by atoms with E-state index in [1.54, 1.807) is 18.2 Å². The molecule has 0 radical (unpaired) electrons. The van der Waals surface area contributed by atoms with Gasteiger partial charge in [-0.2, -0.15) is 0 Å². The van der Waals surface area contributed by atoms with Crippen LogP contribution in [0.25, 0.3) is 0 Å². The van der Waals surface area contributed by atoms with Crippen LogP contribution in [0.1, 0.15) is 16.8 Å². The zero-order valence-electron chi connectivity index (χ0n) is 9.00. The number of carbonyl (C=O) groups excluding carboxylic acids is 1. The third-order valence-corrected chi connectivity index (χ3v) is 3.81. The molecule has 1 aliphatic heterocycles. The molecule has 0 bridgehead atoms. The van der Waals surface area contributed by atoms with E-state index in [0.29, 0.717) is 10.6 Å². The first-order valence-electron chi connectivity index (χ1n) is 5.13. The minimum Gasteiger partial charge on any atom is -0.348 e. The van der Waals surface area contributed by atoms with E-state index >= 15 is 0 Å². The predicted octanol–water partition coefficient (Wildman–Crippen LogP) is 2.62. The lowest BCUT2D eigenvalue weighted by molar-refractivity contribution is 0.0940. The second-order valence-electron chi connectivity index (χ2n) is 3.79. The molecular weight excluding hydrogens is 327 g/mol. The van der Waals surface area contributed by atoms with E-state index in [1.165, 1.54) is 0 Å². The molecule has 6 heteroatoms. The van der Waals surface area contributed by atoms with E-state index in [1.807, 2.05) is 0 Å². The van der Waals surface area contributed by atoms with Gasteiger partial charge in [-0.15, -0.1) is 12.4 Å². The highest BCUT2D eigenvalue weighted by atomic mass is 79.9. The summed E-state index contributed by atoms with van der Waals surface area (Å²) in [5.74, 6) is -0.0666. The van der Waals surface area contributed by atoms with Gasteiger partial charge >= 0.3 is 0 Å². The zero-order chi connectivity index (χ0) is 11.5. The van der Waals surface area contributed by atoms with Crippen molar-refractivity contribution < 1.29 is 4.79 Å². The van der Waals surface area contributed by atoms with Crippen LogP contribution in [0.15, 0.2) is 22.7 Å². The number of carbonyl (C=O) groups is 1. The van der Waals surface area contributed by atoms with E-state index < -0.39 is 0 Å². The van der Waals surface area contributed by atoms with Crippen molar-refractivity contribution in [3.05, 3.63) is 33.3 Å². The highest BCUT2D eigenvalue weighted by Gasteiger charge is 2.17. The minimum absolute atomic E-state index is 0. The topological polar surface area (TPSA) is 41.1 Å². The van der Waals surface area contributed by atoms with Crippen molar-refractivity contribution in [2.75, 3.05) is 13.1 Å². The molecule has 17 heavy (non-hydrogen) atoms. The van der Waals surface area contributed by atoms with Crippen LogP contribution in [-0.4, -0.2) is 25.0 Å². The lowest BCUT2D eigenvalue weighted by Crippen LogP contribution is -2.36. The van der Waals surface area contributed by atoms with Gasteiger partial charge in [0.05, 0.1) is 5.02 Å². The largest absolute Gasteiger partial charge is 0.348 e. The van der Waals surface area contributed by atoms with Crippen molar-refractivity contribution in [2.24, 2.45) is 0 Å². The monoisotopic (exact) mass is 338 g/mol. The maximum Gasteiger partial charge on any atom is 0.251 e. The van der Waals surface area contributed by atoms with Crippen molar-refractivity contribution in [3.63, 3.8) is 0 Å². The normalized spacial score (nSPS) is 18.6. The van der Waals surface area contributed by atoms with Gasteiger partial charge in [0.1, 0.15) is 0 Å². The Kier molecular flexibility index (Phi) is 5.73. The van der Waals surface area contributed by atoms with Gasteiger partial charge in [0.15, 0.2) is 0 Å². The second-order valence-corrected chi connectivity index (χ2v) is 5.05. The number of hydrogen-bond acceptors (Lipinski definition) is 2. The first-order valence-corrected chi connectivity index (χ1v) is 6.30. The molecule has 0 spiro atoms. The molecule has 0 aliphatic carbocycles. The van der Waals surface area contributed by atoms with Gasteiger partial charge in [-0.05, 0) is 47.1 Å². The third kappa shape index (κ3) is 3.85. The van der Waals surface area contributed by atoms with Gasteiger partial charge < -0.3 is 10.6 Å². The Morgan fingerprint density at radius 1 is 1.53 bits per heavy atom. The molecule has 1 aliphatic rings. The average Bonchev–Trinajstić information content (AvgIpc) is 2.74. The quantitative estimate of drug-likeness (QED) is 0.869. The Morgan fingerprint density at radius 3 is 2.88 bits per heavy atom. The molecule has 1 amide bonds. The zero-order valence-corrected chi connectivity index (χ0v) is 12.2. The predicted molar refractivity (Wildman–Crippen MR) is 75.1 cm³/mol. The molecule has 94 valence electrons. The van der Waals surface area contributed by atoms with Crippen molar-refractivity contribution in [1.29, 1.82) is 0 Å². The number of rotatable bonds is 2. The third-order valence-electron chi connectivity index (χ3n) is 2.58. The van der Waals surface area contributed by atoms with Crippen LogP contribution >= 0.6 is 39.9 Å². The van der Waals surface area contributed by atoms with E-state index in [0.717, 1.165) is 24.0 Å². The van der Waals surface area contributed by atoms with Crippen molar-refractivity contribution >= 4 is 45.8 Å². The first kappa shape index (κ1) is 14.8. The molecule has 0 saturated carbocycles. The van der Waals surface area contributed by atoms with Crippen LogP contribution in [0.3, 0.4) is 0 Å². The van der Waals surface area contributed by atoms with Gasteiger partial charge in [-0.25, -0.2) is 0 Å². The summed E-state index contributed by atoms with van der Waals surface area (Å²) in [6.07, 6.45) is 0.982. The lowest BCUT2D eigenvalue weighted by atomic mass is 10.2. The van der Waals surface area contributed by atoms with Crippen LogP contribution < -0.4 is 10.6 Å². The summed E-state index contributed by atoms with van der Waals surface area (Å²) in [6.45, 7) is 1.81. The maximum absolute atomic E-state index is 11.9. The molecular formula is C11H13BrCl2N2O. The highest BCUT2D eigenvalue weighted by Crippen LogP contribution is 2.23. The molecule has 1 saturated heterocycles. The van der Waals surface area contributed by atoms with Crippen LogP contribution in [0, 0.1) is 0 Å². The summed E-state index contributed by atoms with van der Waals surface area (Å²) < 4.78 is 0.799.